The molecule has 0 radical (unpaired) electrons. The first-order valence-corrected chi connectivity index (χ1v) is 12.0. The van der Waals surface area contributed by atoms with Gasteiger partial charge in [-0.1, -0.05) is 22.0 Å². The van der Waals surface area contributed by atoms with Crippen molar-refractivity contribution in [2.24, 2.45) is 5.10 Å². The quantitative estimate of drug-likeness (QED) is 0.137. The van der Waals surface area contributed by atoms with E-state index in [0.717, 1.165) is 0 Å². The van der Waals surface area contributed by atoms with E-state index in [4.69, 9.17) is 18.6 Å². The smallest absolute Gasteiger partial charge is 0.379 e. The highest BCUT2D eigenvalue weighted by Crippen LogP contribution is 2.32. The molecule has 2 heterocycles. The number of hydrazone groups is 1. The molecule has 3 aromatic carbocycles. The Balaban J connectivity index is 1.24. The molecule has 0 saturated carbocycles. The lowest BCUT2D eigenvalue weighted by atomic mass is 10.1. The van der Waals surface area contributed by atoms with E-state index in [0.29, 0.717) is 32.8 Å². The lowest BCUT2D eigenvalue weighted by molar-refractivity contribution is 0.0700. The van der Waals surface area contributed by atoms with Gasteiger partial charge in [0.15, 0.2) is 11.5 Å². The molecule has 190 valence electrons. The maximum absolute atomic E-state index is 12.7. The van der Waals surface area contributed by atoms with Gasteiger partial charge in [-0.3, -0.25) is 9.59 Å². The second kappa shape index (κ2) is 11.0. The third-order valence-corrected chi connectivity index (χ3v) is 5.78. The number of rotatable bonds is 7. The van der Waals surface area contributed by atoms with Crippen molar-refractivity contribution in [2.45, 2.75) is 0 Å². The zero-order chi connectivity index (χ0) is 26.5. The molecule has 10 nitrogen and oxygen atoms in total. The number of ether oxygens (including phenoxy) is 3. The van der Waals surface area contributed by atoms with Gasteiger partial charge in [-0.15, -0.1) is 0 Å². The number of benzene rings is 3. The van der Waals surface area contributed by atoms with Crippen molar-refractivity contribution in [2.75, 3.05) is 12.1 Å². The minimum absolute atomic E-state index is 0.0506. The van der Waals surface area contributed by atoms with Crippen LogP contribution in [0.15, 0.2) is 93.1 Å². The summed E-state index contributed by atoms with van der Waals surface area (Å²) in [5.74, 6) is -0.208. The summed E-state index contributed by atoms with van der Waals surface area (Å²) in [4.78, 5) is 37.6. The Morgan fingerprint density at radius 2 is 1.74 bits per heavy atom. The second-order valence-corrected chi connectivity index (χ2v) is 8.77. The number of carbonyl (C=O) groups is 3. The van der Waals surface area contributed by atoms with E-state index < -0.39 is 11.9 Å². The fourth-order valence-electron chi connectivity index (χ4n) is 3.46. The molecule has 0 atom stereocenters. The van der Waals surface area contributed by atoms with Crippen molar-refractivity contribution in [3.63, 3.8) is 0 Å². The van der Waals surface area contributed by atoms with E-state index in [1.165, 1.54) is 24.6 Å². The van der Waals surface area contributed by atoms with Crippen LogP contribution in [0.1, 0.15) is 36.8 Å². The molecule has 11 heteroatoms. The van der Waals surface area contributed by atoms with E-state index >= 15 is 0 Å². The third kappa shape index (κ3) is 5.73. The Morgan fingerprint density at radius 1 is 0.895 bits per heavy atom. The van der Waals surface area contributed by atoms with Gasteiger partial charge in [-0.05, 0) is 66.7 Å². The summed E-state index contributed by atoms with van der Waals surface area (Å²) in [7, 11) is 0. The number of hydrogen-bond acceptors (Lipinski definition) is 8. The van der Waals surface area contributed by atoms with Gasteiger partial charge < -0.3 is 23.9 Å². The van der Waals surface area contributed by atoms with Crippen LogP contribution < -0.4 is 25.0 Å². The molecule has 1 aromatic heterocycles. The van der Waals surface area contributed by atoms with E-state index in [1.54, 1.807) is 60.7 Å². The number of nitrogens with one attached hydrogen (secondary N) is 2. The number of carbonyl (C=O) groups excluding carboxylic acids is 3. The number of fused-ring (bicyclic) bond motifs is 1. The molecule has 0 aliphatic carbocycles. The molecule has 4 aromatic rings. The Labute approximate surface area is 224 Å². The highest BCUT2D eigenvalue weighted by atomic mass is 79.9. The molecule has 0 fully saturated rings. The van der Waals surface area contributed by atoms with Crippen molar-refractivity contribution in [1.82, 2.24) is 5.43 Å². The number of nitrogens with zero attached hydrogens (tertiary/aromatic N) is 1. The van der Waals surface area contributed by atoms with E-state index in [9.17, 15) is 14.4 Å². The first-order chi connectivity index (χ1) is 18.5. The molecule has 0 saturated heterocycles. The number of furan rings is 1. The fraction of sp³-hybridized carbons (Fsp3) is 0.0370. The van der Waals surface area contributed by atoms with Crippen LogP contribution in [0.2, 0.25) is 0 Å². The van der Waals surface area contributed by atoms with Crippen LogP contribution >= 0.6 is 15.9 Å². The first-order valence-electron chi connectivity index (χ1n) is 11.2. The molecule has 38 heavy (non-hydrogen) atoms. The lowest BCUT2D eigenvalue weighted by Crippen LogP contribution is -2.18. The molecule has 2 amide bonds. The first kappa shape index (κ1) is 24.8. The zero-order valence-electron chi connectivity index (χ0n) is 19.5. The van der Waals surface area contributed by atoms with Gasteiger partial charge >= 0.3 is 5.97 Å². The average Bonchev–Trinajstić information content (AvgIpc) is 3.62. The zero-order valence-corrected chi connectivity index (χ0v) is 21.1. The maximum Gasteiger partial charge on any atom is 0.379 e. The minimum atomic E-state index is -0.671. The van der Waals surface area contributed by atoms with Crippen molar-refractivity contribution >= 4 is 45.6 Å². The fourth-order valence-corrected chi connectivity index (χ4v) is 3.84. The normalized spacial score (nSPS) is 11.8. The van der Waals surface area contributed by atoms with Gasteiger partial charge in [0, 0.05) is 26.9 Å². The van der Waals surface area contributed by atoms with Gasteiger partial charge in [0.25, 0.3) is 11.8 Å². The van der Waals surface area contributed by atoms with Crippen LogP contribution in [0, 0.1) is 0 Å². The topological polar surface area (TPSA) is 128 Å². The number of anilines is 1. The van der Waals surface area contributed by atoms with Gasteiger partial charge in [0.1, 0.15) is 5.75 Å². The van der Waals surface area contributed by atoms with Gasteiger partial charge in [-0.2, -0.15) is 5.10 Å². The summed E-state index contributed by atoms with van der Waals surface area (Å²) in [6.07, 6.45) is 2.71. The SMILES string of the molecule is O=C(NN=Cc1cc(Br)ccc1OC(=O)c1ccco1)c1cccc(NC(=O)c2ccc3c(c2)OCO3)c1. The molecular formula is C27H18BrN3O7. The number of esters is 1. The van der Waals surface area contributed by atoms with Crippen LogP contribution in [0.5, 0.6) is 17.2 Å². The molecule has 0 bridgehead atoms. The standard InChI is InChI=1S/C27H18BrN3O7/c28-19-7-9-21(38-27(34)23-5-2-10-35-23)18(11-19)14-29-31-26(33)16-3-1-4-20(12-16)30-25(32)17-6-8-22-24(13-17)37-15-36-22/h1-14H,15H2,(H,30,32)(H,31,33). The lowest BCUT2D eigenvalue weighted by Gasteiger charge is -2.08. The monoisotopic (exact) mass is 575 g/mol. The number of hydrogen-bond donors (Lipinski definition) is 2. The Bertz CT molecular complexity index is 1550. The summed E-state index contributed by atoms with van der Waals surface area (Å²) in [5.41, 5.74) is 3.93. The molecule has 2 N–H and O–H groups in total. The van der Waals surface area contributed by atoms with E-state index in [-0.39, 0.29) is 29.8 Å². The number of amides is 2. The Morgan fingerprint density at radius 3 is 2.58 bits per heavy atom. The number of halogens is 1. The van der Waals surface area contributed by atoms with Crippen LogP contribution in [-0.2, 0) is 0 Å². The summed E-state index contributed by atoms with van der Waals surface area (Å²) >= 11 is 3.36. The summed E-state index contributed by atoms with van der Waals surface area (Å²) in [5, 5.41) is 6.74. The molecule has 1 aliphatic heterocycles. The molecule has 0 spiro atoms. The predicted molar refractivity (Wildman–Crippen MR) is 140 cm³/mol. The second-order valence-electron chi connectivity index (χ2n) is 7.85. The van der Waals surface area contributed by atoms with Crippen molar-refractivity contribution in [3.05, 3.63) is 106 Å². The Kier molecular flexibility index (Phi) is 7.18. The Hall–Kier alpha value is -4.90. The summed E-state index contributed by atoms with van der Waals surface area (Å²) in [6.45, 7) is 0.110. The largest absolute Gasteiger partial charge is 0.457 e. The molecular weight excluding hydrogens is 558 g/mol. The van der Waals surface area contributed by atoms with Crippen LogP contribution in [0.4, 0.5) is 5.69 Å². The summed E-state index contributed by atoms with van der Waals surface area (Å²) < 4.78 is 21.7. The van der Waals surface area contributed by atoms with Crippen LogP contribution in [0.25, 0.3) is 0 Å². The predicted octanol–water partition coefficient (Wildman–Crippen LogP) is 5.01. The van der Waals surface area contributed by atoms with Gasteiger partial charge in [-0.25, -0.2) is 10.2 Å². The maximum atomic E-state index is 12.7. The van der Waals surface area contributed by atoms with E-state index in [2.05, 4.69) is 31.8 Å². The van der Waals surface area contributed by atoms with Crippen LogP contribution in [0.3, 0.4) is 0 Å². The molecule has 1 aliphatic rings. The van der Waals surface area contributed by atoms with E-state index in [1.807, 2.05) is 0 Å². The van der Waals surface area contributed by atoms with Crippen molar-refractivity contribution in [3.8, 4) is 17.2 Å². The highest BCUT2D eigenvalue weighted by molar-refractivity contribution is 9.10. The van der Waals surface area contributed by atoms with Gasteiger partial charge in [0.05, 0.1) is 12.5 Å². The minimum Gasteiger partial charge on any atom is -0.457 e. The van der Waals surface area contributed by atoms with Crippen molar-refractivity contribution in [1.29, 1.82) is 0 Å². The molecule has 5 rings (SSSR count). The van der Waals surface area contributed by atoms with Gasteiger partial charge in [0.2, 0.25) is 12.6 Å². The summed E-state index contributed by atoms with van der Waals surface area (Å²) in [6, 6.07) is 19.3. The van der Waals surface area contributed by atoms with Crippen LogP contribution in [-0.4, -0.2) is 30.8 Å². The average molecular weight is 576 g/mol. The third-order valence-electron chi connectivity index (χ3n) is 5.28. The van der Waals surface area contributed by atoms with Crippen molar-refractivity contribution < 1.29 is 33.0 Å². The molecule has 0 unspecified atom stereocenters. The highest BCUT2D eigenvalue weighted by Gasteiger charge is 2.17.